The molecule has 1 saturated carbocycles. The number of hydrogen-bond acceptors (Lipinski definition) is 4. The molecular formula is C20H23F6N3O3. The highest BCUT2D eigenvalue weighted by atomic mass is 19.4. The van der Waals surface area contributed by atoms with E-state index in [0.29, 0.717) is 0 Å². The number of nitrogens with one attached hydrogen (secondary N) is 1. The van der Waals surface area contributed by atoms with Crippen LogP contribution in [0.5, 0.6) is 0 Å². The third-order valence-corrected chi connectivity index (χ3v) is 6.26. The van der Waals surface area contributed by atoms with Gasteiger partial charge in [-0.15, -0.1) is 0 Å². The van der Waals surface area contributed by atoms with Crippen LogP contribution in [0.25, 0.3) is 0 Å². The zero-order chi connectivity index (χ0) is 23.7. The lowest BCUT2D eigenvalue weighted by Gasteiger charge is -2.35. The number of benzene rings is 1. The van der Waals surface area contributed by atoms with Gasteiger partial charge < -0.3 is 10.2 Å². The van der Waals surface area contributed by atoms with E-state index in [4.69, 9.17) is 0 Å². The van der Waals surface area contributed by atoms with Crippen LogP contribution < -0.4 is 10.2 Å². The predicted octanol–water partition coefficient (Wildman–Crippen LogP) is 5.22. The predicted molar refractivity (Wildman–Crippen MR) is 103 cm³/mol. The smallest absolute Gasteiger partial charge is 0.371 e. The monoisotopic (exact) mass is 467 g/mol. The topological polar surface area (TPSA) is 75.5 Å². The Hall–Kier alpha value is -2.53. The van der Waals surface area contributed by atoms with Gasteiger partial charge in [0.1, 0.15) is 0 Å². The van der Waals surface area contributed by atoms with E-state index >= 15 is 0 Å². The van der Waals surface area contributed by atoms with Gasteiger partial charge in [0.05, 0.1) is 28.0 Å². The van der Waals surface area contributed by atoms with Crippen LogP contribution in [-0.2, 0) is 0 Å². The minimum atomic E-state index is -4.31. The number of halogens is 6. The number of non-ortho nitro benzene ring substituents is 1. The Morgan fingerprint density at radius 1 is 0.938 bits per heavy atom. The number of rotatable bonds is 4. The first-order chi connectivity index (χ1) is 14.9. The van der Waals surface area contributed by atoms with Crippen LogP contribution in [0, 0.1) is 22.0 Å². The van der Waals surface area contributed by atoms with E-state index in [1.54, 1.807) is 4.90 Å². The lowest BCUT2D eigenvalue weighted by atomic mass is 9.85. The maximum absolute atomic E-state index is 13.0. The van der Waals surface area contributed by atoms with Gasteiger partial charge in [-0.1, -0.05) is 0 Å². The number of alkyl halides is 6. The largest absolute Gasteiger partial charge is 0.391 e. The number of amides is 1. The molecule has 1 aromatic carbocycles. The summed E-state index contributed by atoms with van der Waals surface area (Å²) < 4.78 is 77.4. The van der Waals surface area contributed by atoms with E-state index in [2.05, 4.69) is 5.32 Å². The summed E-state index contributed by atoms with van der Waals surface area (Å²) in [5, 5.41) is 13.8. The van der Waals surface area contributed by atoms with Gasteiger partial charge in [0.2, 0.25) is 0 Å². The molecule has 1 amide bonds. The maximum Gasteiger partial charge on any atom is 0.391 e. The van der Waals surface area contributed by atoms with Crippen molar-refractivity contribution in [3.8, 4) is 0 Å². The summed E-state index contributed by atoms with van der Waals surface area (Å²) in [4.78, 5) is 25.0. The van der Waals surface area contributed by atoms with Crippen LogP contribution in [-0.4, -0.2) is 42.3 Å². The lowest BCUT2D eigenvalue weighted by molar-refractivity contribution is -0.384. The SMILES string of the molecule is O=C(NC1CCC(C(F)(F)F)CC1)c1cc([N+](=O)[O-])ccc1N1CCC(C(F)(F)F)CC1. The van der Waals surface area contributed by atoms with Gasteiger partial charge in [0.25, 0.3) is 11.6 Å². The van der Waals surface area contributed by atoms with E-state index in [9.17, 15) is 41.3 Å². The van der Waals surface area contributed by atoms with Gasteiger partial charge in [-0.25, -0.2) is 0 Å². The van der Waals surface area contributed by atoms with E-state index in [1.807, 2.05) is 0 Å². The first-order valence-electron chi connectivity index (χ1n) is 10.3. The fraction of sp³-hybridized carbons (Fsp3) is 0.650. The molecule has 1 aromatic rings. The van der Waals surface area contributed by atoms with Crippen LogP contribution in [0.1, 0.15) is 48.9 Å². The average Bonchev–Trinajstić information content (AvgIpc) is 2.72. The van der Waals surface area contributed by atoms with Crippen molar-refractivity contribution in [2.45, 2.75) is 56.9 Å². The highest BCUT2D eigenvalue weighted by Crippen LogP contribution is 2.39. The maximum atomic E-state index is 13.0. The second-order valence-corrected chi connectivity index (χ2v) is 8.33. The molecule has 1 aliphatic heterocycles. The minimum Gasteiger partial charge on any atom is -0.371 e. The Kier molecular flexibility index (Phi) is 6.89. The van der Waals surface area contributed by atoms with Gasteiger partial charge in [0.15, 0.2) is 0 Å². The van der Waals surface area contributed by atoms with Crippen LogP contribution in [0.2, 0.25) is 0 Å². The summed E-state index contributed by atoms with van der Waals surface area (Å²) in [6.45, 7) is 0.0535. The molecule has 32 heavy (non-hydrogen) atoms. The van der Waals surface area contributed by atoms with E-state index < -0.39 is 41.1 Å². The second kappa shape index (κ2) is 9.14. The first kappa shape index (κ1) is 24.1. The zero-order valence-corrected chi connectivity index (χ0v) is 17.0. The molecule has 0 spiro atoms. The van der Waals surface area contributed by atoms with Crippen molar-refractivity contribution in [1.29, 1.82) is 0 Å². The quantitative estimate of drug-likeness (QED) is 0.374. The molecule has 1 saturated heterocycles. The van der Waals surface area contributed by atoms with Gasteiger partial charge in [-0.2, -0.15) is 26.3 Å². The van der Waals surface area contributed by atoms with Crippen LogP contribution in [0.4, 0.5) is 37.7 Å². The Bertz CT molecular complexity index is 842. The van der Waals surface area contributed by atoms with Crippen molar-refractivity contribution in [2.75, 3.05) is 18.0 Å². The molecule has 1 heterocycles. The molecule has 178 valence electrons. The number of piperidine rings is 1. The Labute approximate surface area is 180 Å². The second-order valence-electron chi connectivity index (χ2n) is 8.33. The van der Waals surface area contributed by atoms with Gasteiger partial charge in [-0.05, 0) is 44.6 Å². The standard InChI is InChI=1S/C20H23F6N3O3/c21-19(22,23)12-1-3-14(4-2-12)27-18(30)16-11-15(29(31)32)5-6-17(16)28-9-7-13(8-10-28)20(24,25)26/h5-6,11-14H,1-4,7-10H2,(H,27,30). The van der Waals surface area contributed by atoms with E-state index in [1.165, 1.54) is 12.1 Å². The van der Waals surface area contributed by atoms with E-state index in [-0.39, 0.29) is 68.6 Å². The van der Waals surface area contributed by atoms with Crippen molar-refractivity contribution in [1.82, 2.24) is 5.32 Å². The molecule has 0 atom stereocenters. The molecule has 1 aliphatic carbocycles. The fourth-order valence-electron chi connectivity index (χ4n) is 4.37. The van der Waals surface area contributed by atoms with E-state index in [0.717, 1.165) is 6.07 Å². The number of hydrogen-bond donors (Lipinski definition) is 1. The van der Waals surface area contributed by atoms with Gasteiger partial charge in [-0.3, -0.25) is 14.9 Å². The molecule has 12 heteroatoms. The third kappa shape index (κ3) is 5.63. The summed E-state index contributed by atoms with van der Waals surface area (Å²) in [6.07, 6.45) is -8.93. The molecule has 3 rings (SSSR count). The molecular weight excluding hydrogens is 444 g/mol. The molecule has 6 nitrogen and oxygen atoms in total. The number of nitro benzene ring substituents is 1. The van der Waals surface area contributed by atoms with Crippen molar-refractivity contribution in [3.63, 3.8) is 0 Å². The third-order valence-electron chi connectivity index (χ3n) is 6.26. The highest BCUT2D eigenvalue weighted by Gasteiger charge is 2.43. The number of carbonyl (C=O) groups is 1. The molecule has 0 aromatic heterocycles. The molecule has 0 unspecified atom stereocenters. The Morgan fingerprint density at radius 3 is 1.97 bits per heavy atom. The summed E-state index contributed by atoms with van der Waals surface area (Å²) in [5.74, 6) is -3.55. The normalized spacial score (nSPS) is 23.1. The number of anilines is 1. The first-order valence-corrected chi connectivity index (χ1v) is 10.3. The summed E-state index contributed by atoms with van der Waals surface area (Å²) in [5.41, 5.74) is -0.148. The molecule has 0 radical (unpaired) electrons. The average molecular weight is 467 g/mol. The van der Waals surface area contributed by atoms with Crippen molar-refractivity contribution >= 4 is 17.3 Å². The van der Waals surface area contributed by atoms with Crippen molar-refractivity contribution in [3.05, 3.63) is 33.9 Å². The Morgan fingerprint density at radius 2 is 1.47 bits per heavy atom. The number of nitrogens with zero attached hydrogens (tertiary/aromatic N) is 2. The Balaban J connectivity index is 1.74. The van der Waals surface area contributed by atoms with Gasteiger partial charge >= 0.3 is 12.4 Å². The van der Waals surface area contributed by atoms with Crippen LogP contribution in [0.15, 0.2) is 18.2 Å². The van der Waals surface area contributed by atoms with Crippen LogP contribution >= 0.6 is 0 Å². The van der Waals surface area contributed by atoms with Crippen LogP contribution in [0.3, 0.4) is 0 Å². The molecule has 2 fully saturated rings. The van der Waals surface area contributed by atoms with Crippen molar-refractivity contribution in [2.24, 2.45) is 11.8 Å². The number of nitro groups is 1. The summed E-state index contributed by atoms with van der Waals surface area (Å²) >= 11 is 0. The molecule has 1 N–H and O–H groups in total. The number of carbonyl (C=O) groups excluding carboxylic acids is 1. The zero-order valence-electron chi connectivity index (χ0n) is 17.0. The summed E-state index contributed by atoms with van der Waals surface area (Å²) in [7, 11) is 0. The molecule has 0 bridgehead atoms. The minimum absolute atomic E-state index is 0.0267. The van der Waals surface area contributed by atoms with Crippen molar-refractivity contribution < 1.29 is 36.1 Å². The van der Waals surface area contributed by atoms with Gasteiger partial charge in [0, 0.05) is 31.3 Å². The molecule has 2 aliphatic rings. The highest BCUT2D eigenvalue weighted by molar-refractivity contribution is 6.00. The summed E-state index contributed by atoms with van der Waals surface area (Å²) in [6, 6.07) is 3.06. The lowest BCUT2D eigenvalue weighted by Crippen LogP contribution is -2.42. The fourth-order valence-corrected chi connectivity index (χ4v) is 4.37.